The van der Waals surface area contributed by atoms with E-state index in [0.29, 0.717) is 13.1 Å². The van der Waals surface area contributed by atoms with Crippen LogP contribution in [0, 0.1) is 0 Å². The van der Waals surface area contributed by atoms with Crippen LogP contribution in [0.2, 0.25) is 0 Å². The molecule has 0 bridgehead atoms. The van der Waals surface area contributed by atoms with Crippen LogP contribution < -0.4 is 21.3 Å². The molecule has 0 fully saturated rings. The Morgan fingerprint density at radius 2 is 1.43 bits per heavy atom. The van der Waals surface area contributed by atoms with E-state index in [0.717, 1.165) is 38.5 Å². The van der Waals surface area contributed by atoms with Gasteiger partial charge in [0.15, 0.2) is 0 Å². The van der Waals surface area contributed by atoms with E-state index in [9.17, 15) is 19.2 Å². The minimum atomic E-state index is -1.34. The minimum Gasteiger partial charge on any atom is -0.465 e. The van der Waals surface area contributed by atoms with Crippen LogP contribution >= 0.6 is 0 Å². The fourth-order valence-electron chi connectivity index (χ4n) is 2.19. The molecule has 12 nitrogen and oxygen atoms in total. The SMILES string of the molecule is CC(C)(C)OC(=O)NC(=NCCCCCCCCNC(=O)CNC(=O)O)NC(=O)O. The number of aliphatic imine (C=N–C) groups is 1. The molecule has 0 heterocycles. The molecule has 12 heteroatoms. The van der Waals surface area contributed by atoms with Gasteiger partial charge >= 0.3 is 18.3 Å². The van der Waals surface area contributed by atoms with E-state index in [1.54, 1.807) is 20.8 Å². The van der Waals surface area contributed by atoms with Gasteiger partial charge in [0, 0.05) is 13.1 Å². The maximum Gasteiger partial charge on any atom is 0.414 e. The standard InChI is InChI=1S/C18H33N5O7/c1-18(2,3)30-17(29)23-14(22-16(27)28)20-11-9-7-5-4-6-8-10-19-13(24)12-21-15(25)26/h21H,4-12H2,1-3H3,(H,19,24)(H,25,26)(H,27,28)(H2,20,22,23,29). The molecule has 0 aromatic heterocycles. The van der Waals surface area contributed by atoms with E-state index < -0.39 is 23.9 Å². The summed E-state index contributed by atoms with van der Waals surface area (Å²) in [5, 5.41) is 26.1. The van der Waals surface area contributed by atoms with Crippen LogP contribution in [0.3, 0.4) is 0 Å². The van der Waals surface area contributed by atoms with Gasteiger partial charge in [0.1, 0.15) is 5.60 Å². The Bertz CT molecular complexity index is 602. The second-order valence-electron chi connectivity index (χ2n) is 7.42. The van der Waals surface area contributed by atoms with Crippen LogP contribution in [0.5, 0.6) is 0 Å². The summed E-state index contributed by atoms with van der Waals surface area (Å²) >= 11 is 0. The van der Waals surface area contributed by atoms with Crippen LogP contribution in [0.1, 0.15) is 59.3 Å². The van der Waals surface area contributed by atoms with Crippen molar-refractivity contribution in [3.63, 3.8) is 0 Å². The number of carbonyl (C=O) groups excluding carboxylic acids is 2. The average molecular weight is 431 g/mol. The zero-order valence-corrected chi connectivity index (χ0v) is 17.7. The molecule has 0 aromatic rings. The second-order valence-corrected chi connectivity index (χ2v) is 7.42. The molecule has 0 saturated carbocycles. The lowest BCUT2D eigenvalue weighted by Crippen LogP contribution is -2.45. The minimum absolute atomic E-state index is 0.176. The number of carboxylic acid groups (broad SMARTS) is 2. The normalized spacial score (nSPS) is 11.4. The number of hydrogen-bond acceptors (Lipinski definition) is 6. The van der Waals surface area contributed by atoms with Crippen molar-refractivity contribution in [2.75, 3.05) is 19.6 Å². The molecular formula is C18H33N5O7. The van der Waals surface area contributed by atoms with Crippen molar-refractivity contribution in [1.29, 1.82) is 0 Å². The maximum atomic E-state index is 11.7. The number of carbonyl (C=O) groups is 4. The highest BCUT2D eigenvalue weighted by atomic mass is 16.6. The third kappa shape index (κ3) is 18.3. The van der Waals surface area contributed by atoms with Gasteiger partial charge in [-0.1, -0.05) is 25.7 Å². The van der Waals surface area contributed by atoms with Crippen molar-refractivity contribution >= 4 is 30.1 Å². The third-order valence-corrected chi connectivity index (χ3v) is 3.42. The summed E-state index contributed by atoms with van der Waals surface area (Å²) in [6, 6.07) is 0. The topological polar surface area (TPSA) is 178 Å². The fraction of sp³-hybridized carbons (Fsp3) is 0.722. The summed E-state index contributed by atoms with van der Waals surface area (Å²) in [6.07, 6.45) is 1.86. The van der Waals surface area contributed by atoms with E-state index in [1.807, 2.05) is 10.6 Å². The maximum absolute atomic E-state index is 11.7. The molecule has 0 rings (SSSR count). The van der Waals surface area contributed by atoms with Gasteiger partial charge in [-0.3, -0.25) is 20.4 Å². The van der Waals surface area contributed by atoms with E-state index in [-0.39, 0.29) is 18.4 Å². The van der Waals surface area contributed by atoms with Gasteiger partial charge in [0.25, 0.3) is 0 Å². The first-order valence-electron chi connectivity index (χ1n) is 9.77. The Morgan fingerprint density at radius 3 is 2.00 bits per heavy atom. The third-order valence-electron chi connectivity index (χ3n) is 3.42. The quantitative estimate of drug-likeness (QED) is 0.164. The lowest BCUT2D eigenvalue weighted by molar-refractivity contribution is -0.120. The van der Waals surface area contributed by atoms with Gasteiger partial charge in [-0.2, -0.15) is 0 Å². The summed E-state index contributed by atoms with van der Waals surface area (Å²) in [4.78, 5) is 48.1. The molecule has 0 unspecified atom stereocenters. The number of hydrogen-bond donors (Lipinski definition) is 6. The number of nitrogens with one attached hydrogen (secondary N) is 4. The molecule has 4 amide bonds. The van der Waals surface area contributed by atoms with Crippen LogP contribution in [0.15, 0.2) is 4.99 Å². The molecule has 0 aliphatic heterocycles. The number of alkyl carbamates (subject to hydrolysis) is 1. The van der Waals surface area contributed by atoms with Crippen LogP contribution in [-0.2, 0) is 9.53 Å². The van der Waals surface area contributed by atoms with Crippen LogP contribution in [-0.4, -0.2) is 65.6 Å². The number of ether oxygens (including phenoxy) is 1. The van der Waals surface area contributed by atoms with Crippen molar-refractivity contribution in [3.8, 4) is 0 Å². The van der Waals surface area contributed by atoms with Crippen molar-refractivity contribution < 1.29 is 34.1 Å². The lowest BCUT2D eigenvalue weighted by Gasteiger charge is -2.20. The number of guanidine groups is 1. The van der Waals surface area contributed by atoms with Gasteiger partial charge in [0.05, 0.1) is 6.54 Å². The largest absolute Gasteiger partial charge is 0.465 e. The number of unbranched alkanes of at least 4 members (excludes halogenated alkanes) is 5. The lowest BCUT2D eigenvalue weighted by atomic mass is 10.1. The summed E-state index contributed by atoms with van der Waals surface area (Å²) in [5.74, 6) is -0.536. The predicted molar refractivity (Wildman–Crippen MR) is 110 cm³/mol. The van der Waals surface area contributed by atoms with E-state index >= 15 is 0 Å². The highest BCUT2D eigenvalue weighted by Crippen LogP contribution is 2.07. The van der Waals surface area contributed by atoms with Crippen molar-refractivity contribution in [3.05, 3.63) is 0 Å². The Labute approximate surface area is 175 Å². The highest BCUT2D eigenvalue weighted by Gasteiger charge is 2.18. The number of amides is 4. The molecular weight excluding hydrogens is 398 g/mol. The summed E-state index contributed by atoms with van der Waals surface area (Å²) in [5.41, 5.74) is -0.712. The Hall–Kier alpha value is -3.05. The molecule has 0 aliphatic carbocycles. The monoisotopic (exact) mass is 431 g/mol. The van der Waals surface area contributed by atoms with Crippen molar-refractivity contribution in [2.45, 2.75) is 64.9 Å². The van der Waals surface area contributed by atoms with Crippen LogP contribution in [0.4, 0.5) is 14.4 Å². The molecule has 0 aliphatic rings. The molecule has 0 saturated heterocycles. The molecule has 0 radical (unpaired) electrons. The van der Waals surface area contributed by atoms with Gasteiger partial charge < -0.3 is 25.6 Å². The number of rotatable bonds is 11. The number of nitrogens with zero attached hydrogens (tertiary/aromatic N) is 1. The van der Waals surface area contributed by atoms with Gasteiger partial charge in [-0.15, -0.1) is 0 Å². The summed E-state index contributed by atoms with van der Waals surface area (Å²) < 4.78 is 5.06. The Morgan fingerprint density at radius 1 is 0.833 bits per heavy atom. The average Bonchev–Trinajstić information content (AvgIpc) is 2.59. The van der Waals surface area contributed by atoms with E-state index in [2.05, 4.69) is 15.6 Å². The van der Waals surface area contributed by atoms with Crippen molar-refractivity contribution in [1.82, 2.24) is 21.3 Å². The van der Waals surface area contributed by atoms with E-state index in [1.165, 1.54) is 0 Å². The highest BCUT2D eigenvalue weighted by molar-refractivity contribution is 6.00. The van der Waals surface area contributed by atoms with Crippen molar-refractivity contribution in [2.24, 2.45) is 4.99 Å². The molecule has 0 aromatic carbocycles. The molecule has 6 N–H and O–H groups in total. The first-order valence-corrected chi connectivity index (χ1v) is 9.77. The zero-order chi connectivity index (χ0) is 23.0. The van der Waals surface area contributed by atoms with Gasteiger partial charge in [-0.25, -0.2) is 14.4 Å². The predicted octanol–water partition coefficient (Wildman–Crippen LogP) is 1.86. The Balaban J connectivity index is 3.92. The smallest absolute Gasteiger partial charge is 0.414 e. The first kappa shape index (κ1) is 27.0. The fourth-order valence-corrected chi connectivity index (χ4v) is 2.19. The molecule has 0 atom stereocenters. The molecule has 30 heavy (non-hydrogen) atoms. The Kier molecular flexibility index (Phi) is 13.4. The summed E-state index contributed by atoms with van der Waals surface area (Å²) in [6.45, 7) is 5.66. The molecule has 172 valence electrons. The second kappa shape index (κ2) is 14.9. The zero-order valence-electron chi connectivity index (χ0n) is 17.7. The van der Waals surface area contributed by atoms with Crippen LogP contribution in [0.25, 0.3) is 0 Å². The van der Waals surface area contributed by atoms with Gasteiger partial charge in [0.2, 0.25) is 11.9 Å². The van der Waals surface area contributed by atoms with E-state index in [4.69, 9.17) is 14.9 Å². The first-order chi connectivity index (χ1) is 14.0. The van der Waals surface area contributed by atoms with Gasteiger partial charge in [-0.05, 0) is 33.6 Å². The summed E-state index contributed by atoms with van der Waals surface area (Å²) in [7, 11) is 0. The molecule has 0 spiro atoms.